The van der Waals surface area contributed by atoms with Crippen LogP contribution in [0.1, 0.15) is 43.7 Å². The lowest BCUT2D eigenvalue weighted by Gasteiger charge is -2.44. The van der Waals surface area contributed by atoms with E-state index < -0.39 is 0 Å². The van der Waals surface area contributed by atoms with E-state index in [-0.39, 0.29) is 5.41 Å². The molecule has 21 heavy (non-hydrogen) atoms. The third-order valence-corrected chi connectivity index (χ3v) is 5.07. The van der Waals surface area contributed by atoms with Gasteiger partial charge in [0.25, 0.3) is 0 Å². The molecule has 1 fully saturated rings. The van der Waals surface area contributed by atoms with Crippen LogP contribution in [0, 0.1) is 5.92 Å². The summed E-state index contributed by atoms with van der Waals surface area (Å²) in [5.41, 5.74) is 1.59. The molecule has 0 aromatic heterocycles. The highest BCUT2D eigenvalue weighted by atomic mass is 16.3. The fourth-order valence-corrected chi connectivity index (χ4v) is 3.99. The fourth-order valence-electron chi connectivity index (χ4n) is 3.99. The van der Waals surface area contributed by atoms with E-state index in [9.17, 15) is 10.2 Å². The quantitative estimate of drug-likeness (QED) is 0.845. The van der Waals surface area contributed by atoms with Crippen molar-refractivity contribution in [3.8, 4) is 11.5 Å². The molecule has 2 aromatic rings. The number of hydrogen-bond donors (Lipinski definition) is 2. The number of phenols is 2. The van der Waals surface area contributed by atoms with Crippen molar-refractivity contribution in [1.29, 1.82) is 0 Å². The Morgan fingerprint density at radius 3 is 1.86 bits per heavy atom. The molecule has 2 aromatic carbocycles. The SMILES string of the molecule is CC1CCCCC1(c1ccccc1O)c1ccccc1O. The molecule has 1 aliphatic rings. The molecule has 0 bridgehead atoms. The van der Waals surface area contributed by atoms with E-state index in [4.69, 9.17) is 0 Å². The van der Waals surface area contributed by atoms with Crippen molar-refractivity contribution in [1.82, 2.24) is 0 Å². The topological polar surface area (TPSA) is 40.5 Å². The second kappa shape index (κ2) is 5.44. The van der Waals surface area contributed by atoms with E-state index in [1.54, 1.807) is 12.1 Å². The van der Waals surface area contributed by atoms with Crippen molar-refractivity contribution in [3.05, 3.63) is 59.7 Å². The minimum atomic E-state index is -0.297. The molecule has 1 saturated carbocycles. The molecule has 2 nitrogen and oxygen atoms in total. The van der Waals surface area contributed by atoms with Gasteiger partial charge in [-0.1, -0.05) is 56.2 Å². The second-order valence-electron chi connectivity index (χ2n) is 6.15. The molecule has 0 aliphatic heterocycles. The van der Waals surface area contributed by atoms with Gasteiger partial charge in [0.2, 0.25) is 0 Å². The highest BCUT2D eigenvalue weighted by molar-refractivity contribution is 5.52. The highest BCUT2D eigenvalue weighted by Crippen LogP contribution is 2.52. The highest BCUT2D eigenvalue weighted by Gasteiger charge is 2.44. The minimum Gasteiger partial charge on any atom is -0.508 e. The first-order chi connectivity index (χ1) is 10.2. The zero-order chi connectivity index (χ0) is 14.9. The molecular formula is C19H22O2. The van der Waals surface area contributed by atoms with E-state index in [1.165, 1.54) is 6.42 Å². The van der Waals surface area contributed by atoms with Gasteiger partial charge in [-0.3, -0.25) is 0 Å². The van der Waals surface area contributed by atoms with Crippen LogP contribution < -0.4 is 0 Å². The normalized spacial score (nSPS) is 21.1. The molecule has 110 valence electrons. The smallest absolute Gasteiger partial charge is 0.119 e. The first-order valence-corrected chi connectivity index (χ1v) is 7.73. The average molecular weight is 282 g/mol. The fraction of sp³-hybridized carbons (Fsp3) is 0.368. The number of rotatable bonds is 2. The van der Waals surface area contributed by atoms with E-state index in [2.05, 4.69) is 6.92 Å². The van der Waals surface area contributed by atoms with E-state index in [0.29, 0.717) is 17.4 Å². The monoisotopic (exact) mass is 282 g/mol. The Morgan fingerprint density at radius 1 is 0.857 bits per heavy atom. The van der Waals surface area contributed by atoms with E-state index in [0.717, 1.165) is 30.4 Å². The largest absolute Gasteiger partial charge is 0.508 e. The molecule has 1 aliphatic carbocycles. The second-order valence-corrected chi connectivity index (χ2v) is 6.15. The van der Waals surface area contributed by atoms with Gasteiger partial charge >= 0.3 is 0 Å². The third kappa shape index (κ3) is 2.19. The van der Waals surface area contributed by atoms with Crippen LogP contribution >= 0.6 is 0 Å². The summed E-state index contributed by atoms with van der Waals surface area (Å²) in [4.78, 5) is 0. The Morgan fingerprint density at radius 2 is 1.38 bits per heavy atom. The van der Waals surface area contributed by atoms with Gasteiger partial charge in [0.05, 0.1) is 0 Å². The molecule has 0 radical (unpaired) electrons. The predicted octanol–water partition coefficient (Wildman–Crippen LogP) is 4.59. The summed E-state index contributed by atoms with van der Waals surface area (Å²) in [7, 11) is 0. The zero-order valence-corrected chi connectivity index (χ0v) is 12.4. The maximum absolute atomic E-state index is 10.4. The molecule has 0 spiro atoms. The summed E-state index contributed by atoms with van der Waals surface area (Å²) in [6.45, 7) is 2.23. The van der Waals surface area contributed by atoms with Crippen molar-refractivity contribution < 1.29 is 10.2 Å². The van der Waals surface area contributed by atoms with Crippen LogP contribution in [0.2, 0.25) is 0 Å². The summed E-state index contributed by atoms with van der Waals surface area (Å²) in [5, 5.41) is 20.8. The van der Waals surface area contributed by atoms with Gasteiger partial charge in [-0.2, -0.15) is 0 Å². The summed E-state index contributed by atoms with van der Waals surface area (Å²) < 4.78 is 0. The van der Waals surface area contributed by atoms with Gasteiger partial charge in [-0.25, -0.2) is 0 Å². The van der Waals surface area contributed by atoms with Crippen LogP contribution in [-0.4, -0.2) is 10.2 Å². The Kier molecular flexibility index (Phi) is 3.62. The molecule has 1 atom stereocenters. The molecule has 3 rings (SSSR count). The molecular weight excluding hydrogens is 260 g/mol. The van der Waals surface area contributed by atoms with Crippen LogP contribution in [0.4, 0.5) is 0 Å². The Bertz CT molecular complexity index is 587. The number of hydrogen-bond acceptors (Lipinski definition) is 2. The van der Waals surface area contributed by atoms with Gasteiger partial charge in [-0.15, -0.1) is 0 Å². The summed E-state index contributed by atoms with van der Waals surface area (Å²) >= 11 is 0. The predicted molar refractivity (Wildman–Crippen MR) is 84.6 cm³/mol. The van der Waals surface area contributed by atoms with E-state index in [1.807, 2.05) is 36.4 Å². The van der Waals surface area contributed by atoms with Crippen LogP contribution in [-0.2, 0) is 5.41 Å². The molecule has 2 N–H and O–H groups in total. The van der Waals surface area contributed by atoms with Crippen LogP contribution in [0.15, 0.2) is 48.5 Å². The molecule has 0 saturated heterocycles. The van der Waals surface area contributed by atoms with Gasteiger partial charge in [-0.05, 0) is 30.9 Å². The van der Waals surface area contributed by atoms with Crippen LogP contribution in [0.3, 0.4) is 0 Å². The Hall–Kier alpha value is -1.96. The Labute approximate surface area is 126 Å². The Balaban J connectivity index is 2.26. The average Bonchev–Trinajstić information content (AvgIpc) is 2.50. The van der Waals surface area contributed by atoms with Crippen molar-refractivity contribution in [3.63, 3.8) is 0 Å². The van der Waals surface area contributed by atoms with Crippen molar-refractivity contribution in [2.24, 2.45) is 5.92 Å². The minimum absolute atomic E-state index is 0.297. The van der Waals surface area contributed by atoms with E-state index >= 15 is 0 Å². The lowest BCUT2D eigenvalue weighted by atomic mass is 9.59. The maximum Gasteiger partial charge on any atom is 0.119 e. The van der Waals surface area contributed by atoms with Gasteiger partial charge < -0.3 is 10.2 Å². The van der Waals surface area contributed by atoms with Crippen molar-refractivity contribution in [2.45, 2.75) is 38.0 Å². The lowest BCUT2D eigenvalue weighted by Crippen LogP contribution is -2.38. The molecule has 0 heterocycles. The molecule has 2 heteroatoms. The lowest BCUT2D eigenvalue weighted by molar-refractivity contribution is 0.232. The van der Waals surface area contributed by atoms with Crippen LogP contribution in [0.5, 0.6) is 11.5 Å². The molecule has 1 unspecified atom stereocenters. The van der Waals surface area contributed by atoms with Crippen LogP contribution in [0.25, 0.3) is 0 Å². The first-order valence-electron chi connectivity index (χ1n) is 7.73. The third-order valence-electron chi connectivity index (χ3n) is 5.07. The number of phenolic OH excluding ortho intramolecular Hbond substituents is 2. The number of aromatic hydroxyl groups is 2. The number of benzene rings is 2. The van der Waals surface area contributed by atoms with Gasteiger partial charge in [0.1, 0.15) is 11.5 Å². The number of para-hydroxylation sites is 2. The van der Waals surface area contributed by atoms with Crippen molar-refractivity contribution >= 4 is 0 Å². The maximum atomic E-state index is 10.4. The summed E-state index contributed by atoms with van der Waals surface area (Å²) in [5.74, 6) is 1.04. The van der Waals surface area contributed by atoms with Gasteiger partial charge in [0.15, 0.2) is 0 Å². The first kappa shape index (κ1) is 14.0. The summed E-state index contributed by atoms with van der Waals surface area (Å²) in [6, 6.07) is 15.1. The van der Waals surface area contributed by atoms with Gasteiger partial charge in [0, 0.05) is 16.5 Å². The molecule has 0 amide bonds. The zero-order valence-electron chi connectivity index (χ0n) is 12.4. The summed E-state index contributed by atoms with van der Waals surface area (Å²) in [6.07, 6.45) is 4.41. The van der Waals surface area contributed by atoms with Crippen molar-refractivity contribution in [2.75, 3.05) is 0 Å². The standard InChI is InChI=1S/C19H22O2/c1-14-8-6-7-13-19(14,15-9-2-4-11-17(15)20)16-10-3-5-12-18(16)21/h2-5,9-12,14,20-21H,6-8,13H2,1H3.